The Hall–Kier alpha value is -2.26. The molecule has 0 fully saturated rings. The SMILES string of the molecule is CNc1snc(C)c1C(=O)OC(C)c1nc2sc(C)c(C)c2c(=O)[nH]1. The number of carbonyl (C=O) groups is 1. The molecule has 1 unspecified atom stereocenters. The molecular weight excluding hydrogens is 360 g/mol. The number of rotatable bonds is 4. The standard InChI is InChI=1S/C16H18N4O3S2/c1-6-9(4)24-15-10(6)13(21)18-12(19-15)8(3)23-16(22)11-7(2)20-25-14(11)17-5/h8,17H,1-5H3,(H,18,19,21). The van der Waals surface area contributed by atoms with E-state index in [0.717, 1.165) is 10.4 Å². The van der Waals surface area contributed by atoms with Gasteiger partial charge in [0.25, 0.3) is 5.56 Å². The van der Waals surface area contributed by atoms with E-state index in [2.05, 4.69) is 19.7 Å². The second kappa shape index (κ2) is 6.57. The van der Waals surface area contributed by atoms with Crippen LogP contribution in [0.3, 0.4) is 0 Å². The van der Waals surface area contributed by atoms with Crippen molar-refractivity contribution in [1.82, 2.24) is 14.3 Å². The molecule has 0 saturated carbocycles. The average molecular weight is 378 g/mol. The van der Waals surface area contributed by atoms with Crippen molar-refractivity contribution in [1.29, 1.82) is 0 Å². The van der Waals surface area contributed by atoms with Crippen molar-refractivity contribution in [3.8, 4) is 0 Å². The summed E-state index contributed by atoms with van der Waals surface area (Å²) in [5.74, 6) is -0.164. The van der Waals surface area contributed by atoms with Crippen LogP contribution in [-0.2, 0) is 4.74 Å². The number of hydrogen-bond donors (Lipinski definition) is 2. The lowest BCUT2D eigenvalue weighted by molar-refractivity contribution is 0.0320. The molecule has 3 heterocycles. The molecule has 0 aliphatic heterocycles. The van der Waals surface area contributed by atoms with Crippen LogP contribution in [0.4, 0.5) is 5.00 Å². The van der Waals surface area contributed by atoms with Crippen LogP contribution in [0.25, 0.3) is 10.2 Å². The topological polar surface area (TPSA) is 97.0 Å². The Bertz CT molecular complexity index is 1020. The number of H-pyrrole nitrogens is 1. The number of ether oxygens (including phenoxy) is 1. The van der Waals surface area contributed by atoms with E-state index in [4.69, 9.17) is 4.74 Å². The highest BCUT2D eigenvalue weighted by molar-refractivity contribution is 7.18. The molecule has 7 nitrogen and oxygen atoms in total. The molecule has 0 bridgehead atoms. The first-order valence-electron chi connectivity index (χ1n) is 7.68. The Morgan fingerprint density at radius 2 is 2.04 bits per heavy atom. The smallest absolute Gasteiger partial charge is 0.343 e. The third kappa shape index (κ3) is 3.05. The van der Waals surface area contributed by atoms with Crippen molar-refractivity contribution in [3.63, 3.8) is 0 Å². The van der Waals surface area contributed by atoms with Crippen LogP contribution >= 0.6 is 22.9 Å². The number of nitrogens with one attached hydrogen (secondary N) is 2. The Balaban J connectivity index is 1.92. The molecule has 0 saturated heterocycles. The van der Waals surface area contributed by atoms with Crippen LogP contribution in [0.5, 0.6) is 0 Å². The number of aromatic nitrogens is 3. The van der Waals surface area contributed by atoms with E-state index in [9.17, 15) is 9.59 Å². The minimum absolute atomic E-state index is 0.214. The minimum atomic E-state index is -0.684. The van der Waals surface area contributed by atoms with Gasteiger partial charge in [-0.15, -0.1) is 11.3 Å². The fourth-order valence-corrected chi connectivity index (χ4v) is 4.29. The Morgan fingerprint density at radius 3 is 2.72 bits per heavy atom. The number of esters is 1. The number of thiophene rings is 1. The molecule has 0 aromatic carbocycles. The summed E-state index contributed by atoms with van der Waals surface area (Å²) < 4.78 is 9.67. The maximum absolute atomic E-state index is 12.5. The molecule has 0 radical (unpaired) electrons. The Kier molecular flexibility index (Phi) is 4.61. The molecule has 132 valence electrons. The van der Waals surface area contributed by atoms with Crippen molar-refractivity contribution in [2.24, 2.45) is 0 Å². The number of nitrogens with zero attached hydrogens (tertiary/aromatic N) is 2. The van der Waals surface area contributed by atoms with Gasteiger partial charge in [0, 0.05) is 11.9 Å². The highest BCUT2D eigenvalue weighted by atomic mass is 32.1. The van der Waals surface area contributed by atoms with E-state index in [1.165, 1.54) is 22.9 Å². The number of fused-ring (bicyclic) bond motifs is 1. The van der Waals surface area contributed by atoms with Crippen molar-refractivity contribution >= 4 is 44.1 Å². The van der Waals surface area contributed by atoms with Crippen LogP contribution in [-0.4, -0.2) is 27.4 Å². The first-order valence-corrected chi connectivity index (χ1v) is 9.27. The van der Waals surface area contributed by atoms with Gasteiger partial charge in [-0.1, -0.05) is 0 Å². The maximum Gasteiger partial charge on any atom is 0.343 e. The van der Waals surface area contributed by atoms with Crippen LogP contribution in [0.2, 0.25) is 0 Å². The third-order valence-electron chi connectivity index (χ3n) is 4.02. The highest BCUT2D eigenvalue weighted by Crippen LogP contribution is 2.29. The normalized spacial score (nSPS) is 12.4. The van der Waals surface area contributed by atoms with E-state index in [-0.39, 0.29) is 5.56 Å². The van der Waals surface area contributed by atoms with Gasteiger partial charge in [-0.25, -0.2) is 9.78 Å². The first-order chi connectivity index (χ1) is 11.8. The summed E-state index contributed by atoms with van der Waals surface area (Å²) in [6.07, 6.45) is -0.684. The van der Waals surface area contributed by atoms with Crippen molar-refractivity contribution in [3.05, 3.63) is 37.9 Å². The van der Waals surface area contributed by atoms with Crippen LogP contribution < -0.4 is 10.9 Å². The molecule has 3 aromatic rings. The summed E-state index contributed by atoms with van der Waals surface area (Å²) in [6.45, 7) is 7.29. The highest BCUT2D eigenvalue weighted by Gasteiger charge is 2.23. The predicted molar refractivity (Wildman–Crippen MR) is 99.9 cm³/mol. The van der Waals surface area contributed by atoms with Gasteiger partial charge in [0.05, 0.1) is 11.1 Å². The summed E-state index contributed by atoms with van der Waals surface area (Å²) in [6, 6.07) is 0. The fourth-order valence-electron chi connectivity index (χ4n) is 2.52. The minimum Gasteiger partial charge on any atom is -0.451 e. The predicted octanol–water partition coefficient (Wildman–Crippen LogP) is 3.33. The molecule has 2 N–H and O–H groups in total. The Labute approximate surface area is 152 Å². The van der Waals surface area contributed by atoms with E-state index >= 15 is 0 Å². The summed E-state index contributed by atoms with van der Waals surface area (Å²) in [5, 5.41) is 4.18. The molecule has 0 aliphatic carbocycles. The summed E-state index contributed by atoms with van der Waals surface area (Å²) in [4.78, 5) is 33.8. The average Bonchev–Trinajstić information content (AvgIpc) is 3.07. The zero-order chi connectivity index (χ0) is 18.3. The number of aromatic amines is 1. The van der Waals surface area contributed by atoms with Gasteiger partial charge in [-0.3, -0.25) is 4.79 Å². The summed E-state index contributed by atoms with van der Waals surface area (Å²) >= 11 is 2.66. The molecule has 3 aromatic heterocycles. The van der Waals surface area contributed by atoms with E-state index in [1.54, 1.807) is 20.9 Å². The van der Waals surface area contributed by atoms with Crippen molar-refractivity contribution < 1.29 is 9.53 Å². The maximum atomic E-state index is 12.5. The number of anilines is 1. The lowest BCUT2D eigenvalue weighted by Gasteiger charge is -2.13. The zero-order valence-corrected chi connectivity index (χ0v) is 16.1. The third-order valence-corrected chi connectivity index (χ3v) is 6.08. The van der Waals surface area contributed by atoms with Gasteiger partial charge in [-0.2, -0.15) is 4.37 Å². The van der Waals surface area contributed by atoms with E-state index < -0.39 is 12.1 Å². The molecule has 9 heteroatoms. The number of carbonyl (C=O) groups excluding carboxylic acids is 1. The number of hydrogen-bond acceptors (Lipinski definition) is 8. The van der Waals surface area contributed by atoms with Crippen LogP contribution in [0.1, 0.15) is 45.3 Å². The molecule has 0 aliphatic rings. The van der Waals surface area contributed by atoms with Gasteiger partial charge in [0.2, 0.25) is 0 Å². The van der Waals surface area contributed by atoms with Gasteiger partial charge < -0.3 is 15.0 Å². The van der Waals surface area contributed by atoms with Gasteiger partial charge >= 0.3 is 5.97 Å². The molecule has 25 heavy (non-hydrogen) atoms. The van der Waals surface area contributed by atoms with E-state index in [0.29, 0.717) is 32.3 Å². The first kappa shape index (κ1) is 17.6. The van der Waals surface area contributed by atoms with Crippen molar-refractivity contribution in [2.45, 2.75) is 33.8 Å². The quantitative estimate of drug-likeness (QED) is 0.676. The largest absolute Gasteiger partial charge is 0.451 e. The zero-order valence-electron chi connectivity index (χ0n) is 14.5. The van der Waals surface area contributed by atoms with Crippen LogP contribution in [0, 0.1) is 20.8 Å². The molecule has 3 rings (SSSR count). The lowest BCUT2D eigenvalue weighted by atomic mass is 10.2. The van der Waals surface area contributed by atoms with Gasteiger partial charge in [0.15, 0.2) is 11.9 Å². The monoisotopic (exact) mass is 378 g/mol. The molecular formula is C16H18N4O3S2. The second-order valence-corrected chi connectivity index (χ2v) is 7.66. The lowest BCUT2D eigenvalue weighted by Crippen LogP contribution is -2.17. The summed E-state index contributed by atoms with van der Waals surface area (Å²) in [5.41, 5.74) is 1.73. The number of aryl methyl sites for hydroxylation is 3. The van der Waals surface area contributed by atoms with Crippen molar-refractivity contribution in [2.75, 3.05) is 12.4 Å². The van der Waals surface area contributed by atoms with Crippen LogP contribution in [0.15, 0.2) is 4.79 Å². The molecule has 1 atom stereocenters. The Morgan fingerprint density at radius 1 is 1.32 bits per heavy atom. The molecule has 0 spiro atoms. The fraction of sp³-hybridized carbons (Fsp3) is 0.375. The second-order valence-electron chi connectivity index (χ2n) is 5.68. The van der Waals surface area contributed by atoms with Gasteiger partial charge in [-0.05, 0) is 44.8 Å². The van der Waals surface area contributed by atoms with Gasteiger partial charge in [0.1, 0.15) is 15.4 Å². The molecule has 0 amide bonds. The van der Waals surface area contributed by atoms with E-state index in [1.807, 2.05) is 13.8 Å². The summed E-state index contributed by atoms with van der Waals surface area (Å²) in [7, 11) is 1.72.